The van der Waals surface area contributed by atoms with Gasteiger partial charge in [0.05, 0.1) is 11.6 Å². The van der Waals surface area contributed by atoms with Gasteiger partial charge in [0.25, 0.3) is 5.91 Å². The highest BCUT2D eigenvalue weighted by Gasteiger charge is 2.23. The minimum atomic E-state index is -0.494. The number of aryl methyl sites for hydroxylation is 1. The fourth-order valence-corrected chi connectivity index (χ4v) is 3.12. The summed E-state index contributed by atoms with van der Waals surface area (Å²) in [6, 6.07) is 8.67. The molecule has 0 radical (unpaired) electrons. The molecule has 1 N–H and O–H groups in total. The lowest BCUT2D eigenvalue weighted by Gasteiger charge is -2.14. The molecule has 0 fully saturated rings. The molecule has 6 nitrogen and oxygen atoms in total. The summed E-state index contributed by atoms with van der Waals surface area (Å²) in [5.41, 5.74) is 1.99. The summed E-state index contributed by atoms with van der Waals surface area (Å²) in [5, 5.41) is 3.50. The zero-order valence-electron chi connectivity index (χ0n) is 16.3. The van der Waals surface area contributed by atoms with Crippen LogP contribution in [-0.4, -0.2) is 22.7 Å². The van der Waals surface area contributed by atoms with Crippen LogP contribution < -0.4 is 10.1 Å². The number of nitrogens with zero attached hydrogens (tertiary/aromatic N) is 1. The first-order chi connectivity index (χ1) is 13.5. The third-order valence-corrected chi connectivity index (χ3v) is 4.56. The van der Waals surface area contributed by atoms with Crippen molar-refractivity contribution in [1.82, 2.24) is 10.3 Å². The Morgan fingerprint density at radius 1 is 1.29 bits per heavy atom. The van der Waals surface area contributed by atoms with Gasteiger partial charge < -0.3 is 14.5 Å². The van der Waals surface area contributed by atoms with Gasteiger partial charge in [-0.3, -0.25) is 14.6 Å². The fourth-order valence-electron chi connectivity index (χ4n) is 3.12. The highest BCUT2D eigenvalue weighted by Crippen LogP contribution is 2.29. The Balaban J connectivity index is 1.84. The topological polar surface area (TPSA) is 81.4 Å². The lowest BCUT2D eigenvalue weighted by atomic mass is 10.1. The van der Waals surface area contributed by atoms with Gasteiger partial charge in [0.1, 0.15) is 23.7 Å². The summed E-state index contributed by atoms with van der Waals surface area (Å²) < 4.78 is 11.6. The molecular formula is C22H24N2O4. The number of fused-ring (bicyclic) bond motifs is 1. The minimum absolute atomic E-state index is 0.0545. The van der Waals surface area contributed by atoms with Gasteiger partial charge in [0.15, 0.2) is 5.78 Å². The maximum Gasteiger partial charge on any atom is 0.256 e. The van der Waals surface area contributed by atoms with Crippen LogP contribution in [0.5, 0.6) is 5.75 Å². The van der Waals surface area contributed by atoms with Crippen molar-refractivity contribution < 1.29 is 18.7 Å². The number of ketones is 1. The minimum Gasteiger partial charge on any atom is -0.489 e. The molecule has 28 heavy (non-hydrogen) atoms. The molecule has 0 aliphatic rings. The van der Waals surface area contributed by atoms with Crippen molar-refractivity contribution in [1.29, 1.82) is 0 Å². The van der Waals surface area contributed by atoms with Crippen LogP contribution in [-0.2, 0) is 11.4 Å². The zero-order valence-corrected chi connectivity index (χ0v) is 16.3. The summed E-state index contributed by atoms with van der Waals surface area (Å²) in [6.45, 7) is 5.59. The first kappa shape index (κ1) is 19.6. The van der Waals surface area contributed by atoms with Gasteiger partial charge in [-0.25, -0.2) is 0 Å². The number of hydrogen-bond donors (Lipinski definition) is 1. The molecule has 0 saturated carbocycles. The molecule has 2 heterocycles. The summed E-state index contributed by atoms with van der Waals surface area (Å²) in [7, 11) is 0. The lowest BCUT2D eigenvalue weighted by Crippen LogP contribution is -2.39. The quantitative estimate of drug-likeness (QED) is 0.633. The van der Waals surface area contributed by atoms with Gasteiger partial charge in [0, 0.05) is 23.3 Å². The Hall–Kier alpha value is -3.15. The number of carbonyl (C=O) groups is 2. The first-order valence-corrected chi connectivity index (χ1v) is 9.35. The second kappa shape index (κ2) is 8.69. The van der Waals surface area contributed by atoms with Crippen LogP contribution in [0.2, 0.25) is 0 Å². The second-order valence-corrected chi connectivity index (χ2v) is 6.77. The van der Waals surface area contributed by atoms with Crippen molar-refractivity contribution in [3.63, 3.8) is 0 Å². The van der Waals surface area contributed by atoms with E-state index in [1.807, 2.05) is 19.1 Å². The highest BCUT2D eigenvalue weighted by molar-refractivity contribution is 6.08. The van der Waals surface area contributed by atoms with Crippen LogP contribution in [0.1, 0.15) is 48.4 Å². The van der Waals surface area contributed by atoms with E-state index in [1.165, 1.54) is 6.92 Å². The van der Waals surface area contributed by atoms with Crippen molar-refractivity contribution in [3.8, 4) is 5.75 Å². The lowest BCUT2D eigenvalue weighted by molar-refractivity contribution is -0.118. The first-order valence-electron chi connectivity index (χ1n) is 9.35. The molecule has 6 heteroatoms. The molecule has 1 aromatic carbocycles. The zero-order chi connectivity index (χ0) is 20.1. The highest BCUT2D eigenvalue weighted by atomic mass is 16.5. The Labute approximate surface area is 163 Å². The summed E-state index contributed by atoms with van der Waals surface area (Å²) in [5.74, 6) is 0.772. The number of ether oxygens (including phenoxy) is 1. The van der Waals surface area contributed by atoms with Crippen LogP contribution in [0, 0.1) is 6.92 Å². The summed E-state index contributed by atoms with van der Waals surface area (Å²) in [4.78, 5) is 28.7. The maximum atomic E-state index is 12.8. The number of furan rings is 1. The van der Waals surface area contributed by atoms with E-state index in [1.54, 1.807) is 37.5 Å². The molecule has 1 atom stereocenters. The number of rotatable bonds is 8. The summed E-state index contributed by atoms with van der Waals surface area (Å²) >= 11 is 0. The number of pyridine rings is 1. The molecule has 3 aromatic rings. The molecule has 146 valence electrons. The predicted molar refractivity (Wildman–Crippen MR) is 106 cm³/mol. The van der Waals surface area contributed by atoms with E-state index in [2.05, 4.69) is 10.3 Å². The van der Waals surface area contributed by atoms with E-state index in [4.69, 9.17) is 9.15 Å². The molecule has 0 saturated heterocycles. The standard InChI is InChI=1S/C22H24N2O4/c1-4-6-19(14(2)25)24-22(26)21-15(3)28-20-9-8-17(11-18(20)21)27-13-16-7-5-10-23-12-16/h5,7-12,19H,4,6,13H2,1-3H3,(H,24,26). The Bertz CT molecular complexity index is 979. The van der Waals surface area contributed by atoms with E-state index < -0.39 is 6.04 Å². The smallest absolute Gasteiger partial charge is 0.256 e. The maximum absolute atomic E-state index is 12.8. The average Bonchev–Trinajstić information content (AvgIpc) is 3.01. The number of nitrogens with one attached hydrogen (secondary N) is 1. The van der Waals surface area contributed by atoms with Gasteiger partial charge >= 0.3 is 0 Å². The molecule has 1 unspecified atom stereocenters. The van der Waals surface area contributed by atoms with Crippen molar-refractivity contribution in [2.75, 3.05) is 0 Å². The van der Waals surface area contributed by atoms with E-state index >= 15 is 0 Å². The fraction of sp³-hybridized carbons (Fsp3) is 0.318. The molecule has 0 aliphatic carbocycles. The molecule has 0 bridgehead atoms. The summed E-state index contributed by atoms with van der Waals surface area (Å²) in [6.07, 6.45) is 4.87. The molecule has 2 aromatic heterocycles. The van der Waals surface area contributed by atoms with Gasteiger partial charge in [-0.15, -0.1) is 0 Å². The normalized spacial score (nSPS) is 12.0. The van der Waals surface area contributed by atoms with Crippen molar-refractivity contribution in [2.45, 2.75) is 46.3 Å². The Morgan fingerprint density at radius 3 is 2.79 bits per heavy atom. The van der Waals surface area contributed by atoms with Gasteiger partial charge in [-0.2, -0.15) is 0 Å². The second-order valence-electron chi connectivity index (χ2n) is 6.77. The molecule has 0 spiro atoms. The Morgan fingerprint density at radius 2 is 2.11 bits per heavy atom. The molecule has 1 amide bonds. The van der Waals surface area contributed by atoms with Crippen LogP contribution in [0.4, 0.5) is 0 Å². The van der Waals surface area contributed by atoms with E-state index in [9.17, 15) is 9.59 Å². The monoisotopic (exact) mass is 380 g/mol. The van der Waals surface area contributed by atoms with Crippen molar-refractivity contribution >= 4 is 22.7 Å². The number of aromatic nitrogens is 1. The third kappa shape index (κ3) is 4.39. The van der Waals surface area contributed by atoms with Gasteiger partial charge in [-0.1, -0.05) is 19.4 Å². The van der Waals surface area contributed by atoms with Crippen LogP contribution in [0.3, 0.4) is 0 Å². The van der Waals surface area contributed by atoms with Crippen LogP contribution >= 0.6 is 0 Å². The molecule has 3 rings (SSSR count). The molecule has 0 aliphatic heterocycles. The van der Waals surface area contributed by atoms with Gasteiger partial charge in [0.2, 0.25) is 0 Å². The third-order valence-electron chi connectivity index (χ3n) is 4.56. The molecular weight excluding hydrogens is 356 g/mol. The van der Waals surface area contributed by atoms with Crippen molar-refractivity contribution in [2.24, 2.45) is 0 Å². The van der Waals surface area contributed by atoms with Crippen LogP contribution in [0.25, 0.3) is 11.0 Å². The van der Waals surface area contributed by atoms with E-state index in [-0.39, 0.29) is 11.7 Å². The van der Waals surface area contributed by atoms with E-state index in [0.29, 0.717) is 41.1 Å². The number of benzene rings is 1. The average molecular weight is 380 g/mol. The number of amides is 1. The number of Topliss-reactive ketones (excluding diaryl/α,β-unsaturated/α-hetero) is 1. The largest absolute Gasteiger partial charge is 0.489 e. The number of hydrogen-bond acceptors (Lipinski definition) is 5. The number of carbonyl (C=O) groups excluding carboxylic acids is 2. The SMILES string of the molecule is CCCC(NC(=O)c1c(C)oc2ccc(OCc3cccnc3)cc12)C(C)=O. The van der Waals surface area contributed by atoms with E-state index in [0.717, 1.165) is 12.0 Å². The van der Waals surface area contributed by atoms with Crippen LogP contribution in [0.15, 0.2) is 47.1 Å². The predicted octanol–water partition coefficient (Wildman–Crippen LogP) is 4.20. The van der Waals surface area contributed by atoms with Crippen molar-refractivity contribution in [3.05, 3.63) is 59.6 Å². The Kier molecular flexibility index (Phi) is 6.09. The van der Waals surface area contributed by atoms with Gasteiger partial charge in [-0.05, 0) is 44.5 Å².